The molecule has 0 bridgehead atoms. The summed E-state index contributed by atoms with van der Waals surface area (Å²) in [4.78, 5) is 40.5. The van der Waals surface area contributed by atoms with Gasteiger partial charge < -0.3 is 34.9 Å². The number of aliphatic hydroxyl groups excluding tert-OH is 1. The van der Waals surface area contributed by atoms with E-state index in [1.165, 1.54) is 34.1 Å². The molecule has 1 atom stereocenters. The van der Waals surface area contributed by atoms with E-state index in [0.29, 0.717) is 5.56 Å². The fourth-order valence-electron chi connectivity index (χ4n) is 3.29. The zero-order valence-corrected chi connectivity index (χ0v) is 20.4. The van der Waals surface area contributed by atoms with Crippen LogP contribution < -0.4 is 5.11 Å². The maximum atomic E-state index is 12.1. The van der Waals surface area contributed by atoms with Gasteiger partial charge in [-0.3, -0.25) is 18.9 Å². The molecule has 0 saturated carbocycles. The van der Waals surface area contributed by atoms with Crippen molar-refractivity contribution < 1.29 is 61.1 Å². The van der Waals surface area contributed by atoms with Gasteiger partial charge in [0.15, 0.2) is 0 Å². The first kappa shape index (κ1) is 29.8. The summed E-state index contributed by atoms with van der Waals surface area (Å²) in [6.07, 6.45) is -1.48. The van der Waals surface area contributed by atoms with Gasteiger partial charge in [-0.1, -0.05) is 42.5 Å². The average Bonchev–Trinajstić information content (AvgIpc) is 2.66. The second kappa shape index (κ2) is 13.0. The number of benzene rings is 2. The Labute approximate surface area is 202 Å². The molecule has 0 heterocycles. The normalized spacial score (nSPS) is 13.2. The predicted octanol–water partition coefficient (Wildman–Crippen LogP) is 0.399. The third kappa shape index (κ3) is 10.7. The fourth-order valence-corrected chi connectivity index (χ4v) is 4.83. The Hall–Kier alpha value is -1.26. The van der Waals surface area contributed by atoms with E-state index in [1.807, 2.05) is 0 Å². The van der Waals surface area contributed by atoms with Gasteiger partial charge in [-0.25, -0.2) is 0 Å². The fraction of sp³-hybridized carbons (Fsp3) is 0.368. The molecule has 0 fully saturated rings. The van der Waals surface area contributed by atoms with Gasteiger partial charge in [-0.05, 0) is 11.6 Å². The summed E-state index contributed by atoms with van der Waals surface area (Å²) in [6.45, 7) is -1.07. The molecule has 0 amide bonds. The molecule has 0 aliphatic heterocycles. The van der Waals surface area contributed by atoms with Crippen LogP contribution in [0.2, 0.25) is 0 Å². The Bertz CT molecular complexity index is 985. The van der Waals surface area contributed by atoms with Crippen LogP contribution in [0, 0.1) is 0 Å². The van der Waals surface area contributed by atoms with Gasteiger partial charge in [0, 0.05) is 31.2 Å². The monoisotopic (exact) mass is 545 g/mol. The molecule has 0 aromatic heterocycles. The molecule has 0 radical (unpaired) electrons. The second-order valence-corrected chi connectivity index (χ2v) is 10.7. The van der Waals surface area contributed by atoms with Crippen LogP contribution in [0.1, 0.15) is 11.1 Å². The number of hydrogen-bond donors (Lipinski definition) is 6. The molecular formula is C19H27FeN2O9P2+. The molecule has 0 spiro atoms. The van der Waals surface area contributed by atoms with E-state index in [-0.39, 0.29) is 53.8 Å². The van der Waals surface area contributed by atoms with E-state index in [0.717, 1.165) is 0 Å². The largest absolute Gasteiger partial charge is 2.00 e. The third-order valence-electron chi connectivity index (χ3n) is 4.68. The van der Waals surface area contributed by atoms with Crippen LogP contribution in [0.15, 0.2) is 48.5 Å². The molecule has 1 unspecified atom stereocenters. The number of rotatable bonds is 12. The molecule has 11 nitrogen and oxygen atoms in total. The first-order valence-electron chi connectivity index (χ1n) is 9.56. The summed E-state index contributed by atoms with van der Waals surface area (Å²) in [7, 11) is -9.14. The minimum Gasteiger partial charge on any atom is -0.872 e. The van der Waals surface area contributed by atoms with E-state index in [9.17, 15) is 44.0 Å². The summed E-state index contributed by atoms with van der Waals surface area (Å²) in [6, 6.07) is 11.2. The average molecular weight is 545 g/mol. The third-order valence-corrected chi connectivity index (χ3v) is 6.18. The molecule has 2 rings (SSSR count). The summed E-state index contributed by atoms with van der Waals surface area (Å²) in [5.41, 5.74) is 0.630. The van der Waals surface area contributed by atoms with Gasteiger partial charge in [-0.15, -0.1) is 5.75 Å². The standard InChI is InChI=1S/C19H28N2O9P2.Fe/c22-12-17(21(14-32(28,29)30)10-16-6-2-4-8-19(16)24)11-20(13-31(25,26)27)9-15-5-1-3-7-18(15)23;/h1-8,17,22-24H,9-14H2,(H2,25,26,27)(H2,28,29,30);/q;+2/p-1. The molecule has 2 aromatic rings. The smallest absolute Gasteiger partial charge is 0.872 e. The molecule has 33 heavy (non-hydrogen) atoms. The summed E-state index contributed by atoms with van der Waals surface area (Å²) < 4.78 is 23.4. The van der Waals surface area contributed by atoms with Crippen LogP contribution in [0.25, 0.3) is 0 Å². The maximum absolute atomic E-state index is 12.1. The molecule has 2 aromatic carbocycles. The Morgan fingerprint density at radius 3 is 1.91 bits per heavy atom. The number of hydrogen-bond acceptors (Lipinski definition) is 7. The molecule has 184 valence electrons. The van der Waals surface area contributed by atoms with Gasteiger partial charge >= 0.3 is 32.3 Å². The van der Waals surface area contributed by atoms with Crippen molar-refractivity contribution in [2.75, 3.05) is 25.7 Å². The van der Waals surface area contributed by atoms with Crippen molar-refractivity contribution in [3.63, 3.8) is 0 Å². The zero-order chi connectivity index (χ0) is 23.9. The minimum atomic E-state index is -4.59. The van der Waals surface area contributed by atoms with Crippen LogP contribution in [0.4, 0.5) is 0 Å². The van der Waals surface area contributed by atoms with Crippen LogP contribution in [-0.4, -0.2) is 71.4 Å². The Morgan fingerprint density at radius 1 is 0.848 bits per heavy atom. The van der Waals surface area contributed by atoms with Crippen molar-refractivity contribution in [3.8, 4) is 11.5 Å². The molecule has 0 aliphatic rings. The van der Waals surface area contributed by atoms with Gasteiger partial charge in [-0.2, -0.15) is 0 Å². The van der Waals surface area contributed by atoms with Crippen LogP contribution >= 0.6 is 15.2 Å². The Balaban J connectivity index is 0.00000544. The number of aromatic hydroxyl groups is 1. The number of aliphatic hydroxyl groups is 1. The van der Waals surface area contributed by atoms with Crippen molar-refractivity contribution in [1.82, 2.24) is 9.80 Å². The van der Waals surface area contributed by atoms with Crippen molar-refractivity contribution in [2.24, 2.45) is 0 Å². The van der Waals surface area contributed by atoms with E-state index < -0.39 is 40.4 Å². The SMILES string of the molecule is O=P(O)(O)CN(Cc1ccccc1[O-])CC(CO)N(Cc1ccccc1O)CP(=O)(O)O.[Fe+2]. The van der Waals surface area contributed by atoms with Crippen LogP contribution in [0.5, 0.6) is 11.5 Å². The maximum Gasteiger partial charge on any atom is 2.00 e. The van der Waals surface area contributed by atoms with Crippen molar-refractivity contribution >= 4 is 15.2 Å². The number of para-hydroxylation sites is 2. The van der Waals surface area contributed by atoms with Gasteiger partial charge in [0.25, 0.3) is 0 Å². The van der Waals surface area contributed by atoms with Gasteiger partial charge in [0.2, 0.25) is 0 Å². The van der Waals surface area contributed by atoms with Crippen molar-refractivity contribution in [2.45, 2.75) is 19.1 Å². The molecule has 14 heteroatoms. The minimum absolute atomic E-state index is 0. The van der Waals surface area contributed by atoms with Crippen LogP contribution in [-0.2, 0) is 39.3 Å². The van der Waals surface area contributed by atoms with E-state index >= 15 is 0 Å². The summed E-state index contributed by atoms with van der Waals surface area (Å²) in [5, 5.41) is 32.1. The summed E-state index contributed by atoms with van der Waals surface area (Å²) >= 11 is 0. The molecular weight excluding hydrogens is 518 g/mol. The quantitative estimate of drug-likeness (QED) is 0.160. The Morgan fingerprint density at radius 2 is 1.39 bits per heavy atom. The number of phenols is 1. The predicted molar refractivity (Wildman–Crippen MR) is 115 cm³/mol. The second-order valence-electron chi connectivity index (χ2n) is 7.44. The molecule has 6 N–H and O–H groups in total. The molecule has 0 saturated heterocycles. The Kier molecular flexibility index (Phi) is 11.7. The summed E-state index contributed by atoms with van der Waals surface area (Å²) in [5.74, 6) is -0.433. The van der Waals surface area contributed by atoms with E-state index in [4.69, 9.17) is 0 Å². The number of phenolic OH excluding ortho intramolecular Hbond substituents is 1. The van der Waals surface area contributed by atoms with Gasteiger partial charge in [0.1, 0.15) is 18.3 Å². The van der Waals surface area contributed by atoms with E-state index in [1.54, 1.807) is 24.3 Å². The van der Waals surface area contributed by atoms with Crippen LogP contribution in [0.3, 0.4) is 0 Å². The first-order valence-corrected chi connectivity index (χ1v) is 13.2. The first-order chi connectivity index (χ1) is 14.9. The van der Waals surface area contributed by atoms with Gasteiger partial charge in [0.05, 0.1) is 6.61 Å². The number of nitrogens with zero attached hydrogens (tertiary/aromatic N) is 2. The zero-order valence-electron chi connectivity index (χ0n) is 17.5. The van der Waals surface area contributed by atoms with E-state index in [2.05, 4.69) is 0 Å². The topological polar surface area (TPSA) is 185 Å². The molecule has 0 aliphatic carbocycles. The van der Waals surface area contributed by atoms with Crippen molar-refractivity contribution in [1.29, 1.82) is 0 Å². The van der Waals surface area contributed by atoms with Crippen molar-refractivity contribution in [3.05, 3.63) is 59.7 Å².